The number of hydrogen-bond donors (Lipinski definition) is 3. The predicted octanol–water partition coefficient (Wildman–Crippen LogP) is -13.3. The Hall–Kier alpha value is 1.84. The molecule has 0 rings (SSSR count). The summed E-state index contributed by atoms with van der Waals surface area (Å²) in [6.45, 7) is 0. The summed E-state index contributed by atoms with van der Waals surface area (Å²) in [6.07, 6.45) is 0. The van der Waals surface area contributed by atoms with Crippen LogP contribution >= 0.6 is 0 Å². The average Bonchev–Trinajstić information content (AvgIpc) is 1.41. The first-order valence-corrected chi connectivity index (χ1v) is 5.69. The van der Waals surface area contributed by atoms with E-state index in [2.05, 4.69) is 0 Å². The molecule has 0 saturated heterocycles. The van der Waals surface area contributed by atoms with E-state index >= 15 is 0 Å². The van der Waals surface area contributed by atoms with Crippen molar-refractivity contribution in [2.45, 2.75) is 0 Å². The molecular formula is H5Cl3CrO12Pb. The van der Waals surface area contributed by atoms with Crippen LogP contribution in [0.15, 0.2) is 0 Å². The van der Waals surface area contributed by atoms with Crippen LogP contribution in [0.1, 0.15) is 0 Å². The summed E-state index contributed by atoms with van der Waals surface area (Å²) in [7, 11) is -14.1. The van der Waals surface area contributed by atoms with Crippen LogP contribution in [-0.2, 0) is 17.4 Å². The molecule has 0 unspecified atom stereocenters. The third kappa shape index (κ3) is 1320. The third-order valence-corrected chi connectivity index (χ3v) is 0. The van der Waals surface area contributed by atoms with E-state index in [0.29, 0.717) is 0 Å². The second kappa shape index (κ2) is 12.9. The predicted molar refractivity (Wildman–Crippen MR) is 15.2 cm³/mol. The van der Waals surface area contributed by atoms with Gasteiger partial charge in [0.2, 0.25) is 0 Å². The Morgan fingerprint density at radius 1 is 0.471 bits per heavy atom. The second-order valence-corrected chi connectivity index (χ2v) is 3.56. The Bertz CT molecular complexity index is 96.8. The first-order chi connectivity index (χ1) is 6.00. The van der Waals surface area contributed by atoms with Crippen LogP contribution in [0.2, 0.25) is 0 Å². The van der Waals surface area contributed by atoms with Crippen LogP contribution in [0.4, 0.5) is 0 Å². The maximum absolute atomic E-state index is 8.60. The summed E-state index contributed by atoms with van der Waals surface area (Å²) in [5, 5.41) is 0. The molecule has 2 radical (unpaired) electrons. The van der Waals surface area contributed by atoms with Crippen LogP contribution in [-0.4, -0.2) is 41.3 Å². The van der Waals surface area contributed by atoms with Gasteiger partial charge in [0, 0.05) is 17.4 Å². The van der Waals surface area contributed by atoms with Crippen LogP contribution in [0.25, 0.3) is 0 Å². The summed E-state index contributed by atoms with van der Waals surface area (Å²) in [4.78, 5) is 0. The SMILES string of the molecule is [Cr].[O-][Cl+3]([O-])([O-])O.[O-][Cl+3]([O-])([O-])O.[O-][Cl+3]([O-])([O-])O.[PbH2]. The molecule has 0 aliphatic heterocycles. The molecule has 3 N–H and O–H groups in total. The molecule has 17 heavy (non-hydrogen) atoms. The molecule has 0 saturated carbocycles. The topological polar surface area (TPSA) is 268 Å². The Morgan fingerprint density at radius 3 is 0.471 bits per heavy atom. The van der Waals surface area contributed by atoms with Crippen molar-refractivity contribution in [1.29, 1.82) is 0 Å². The quantitative estimate of drug-likeness (QED) is 0.232. The van der Waals surface area contributed by atoms with Crippen molar-refractivity contribution in [2.24, 2.45) is 0 Å². The van der Waals surface area contributed by atoms with E-state index in [1.807, 2.05) is 0 Å². The molecule has 0 fully saturated rings. The van der Waals surface area contributed by atoms with Gasteiger partial charge in [0.05, 0.1) is 44.7 Å². The van der Waals surface area contributed by atoms with Gasteiger partial charge in [0.25, 0.3) is 0 Å². The van der Waals surface area contributed by atoms with Crippen molar-refractivity contribution >= 4 is 27.3 Å². The van der Waals surface area contributed by atoms with E-state index in [9.17, 15) is 0 Å². The van der Waals surface area contributed by atoms with Crippen molar-refractivity contribution < 1.29 is 104 Å². The van der Waals surface area contributed by atoms with Gasteiger partial charge in [-0.1, -0.05) is 0 Å². The van der Waals surface area contributed by atoms with Crippen molar-refractivity contribution in [3.63, 3.8) is 0 Å². The van der Waals surface area contributed by atoms with Crippen LogP contribution < -0.4 is 41.9 Å². The molecule has 0 spiro atoms. The average molecular weight is 563 g/mol. The van der Waals surface area contributed by atoms with E-state index in [1.54, 1.807) is 0 Å². The van der Waals surface area contributed by atoms with E-state index in [4.69, 9.17) is 55.9 Å². The monoisotopic (exact) mass is 562 g/mol. The molecule has 0 aromatic rings. The number of rotatable bonds is 0. The number of hydrogen-bond acceptors (Lipinski definition) is 12. The van der Waals surface area contributed by atoms with Crippen LogP contribution in [0.5, 0.6) is 0 Å². The molecule has 0 aromatic carbocycles. The van der Waals surface area contributed by atoms with Gasteiger partial charge >= 0.3 is 27.3 Å². The summed E-state index contributed by atoms with van der Waals surface area (Å²) in [5.74, 6) is 0. The molecular weight excluding hydrogens is 558 g/mol. The summed E-state index contributed by atoms with van der Waals surface area (Å²) >= 11 is 0. The minimum absolute atomic E-state index is 0. The maximum atomic E-state index is 8.60. The van der Waals surface area contributed by atoms with Crippen molar-refractivity contribution in [1.82, 2.24) is 0 Å². The molecule has 12 nitrogen and oxygen atoms in total. The number of halogens is 3. The first-order valence-electron chi connectivity index (χ1n) is 1.90. The van der Waals surface area contributed by atoms with Crippen molar-refractivity contribution in [3.05, 3.63) is 0 Å². The Kier molecular flexibility index (Phi) is 23.7. The van der Waals surface area contributed by atoms with E-state index in [-0.39, 0.29) is 44.7 Å². The Labute approximate surface area is 130 Å². The van der Waals surface area contributed by atoms with Gasteiger partial charge in [-0.15, -0.1) is 0 Å². The molecule has 0 bridgehead atoms. The van der Waals surface area contributed by atoms with Crippen molar-refractivity contribution in [2.75, 3.05) is 0 Å². The van der Waals surface area contributed by atoms with Gasteiger partial charge in [-0.25, -0.2) is 0 Å². The van der Waals surface area contributed by atoms with Crippen LogP contribution in [0, 0.1) is 30.7 Å². The molecule has 0 amide bonds. The Morgan fingerprint density at radius 2 is 0.471 bits per heavy atom. The zero-order valence-electron chi connectivity index (χ0n) is 7.27. The zero-order valence-corrected chi connectivity index (χ0v) is 16.3. The fourth-order valence-corrected chi connectivity index (χ4v) is 0. The van der Waals surface area contributed by atoms with Gasteiger partial charge in [0.15, 0.2) is 0 Å². The van der Waals surface area contributed by atoms with E-state index in [0.717, 1.165) is 0 Å². The molecule has 17 heteroatoms. The second-order valence-electron chi connectivity index (χ2n) is 1.19. The van der Waals surface area contributed by atoms with E-state index in [1.165, 1.54) is 0 Å². The standard InChI is InChI=1S/3ClHO4.Cr.Pb.2H/c3*2-1(3,4)5;;;;/h3*(H,2,3,4,5);;;;. The van der Waals surface area contributed by atoms with Crippen LogP contribution in [0.3, 0.4) is 0 Å². The molecule has 0 aliphatic rings. The molecule has 0 aromatic heterocycles. The zero-order chi connectivity index (χ0) is 13.5. The fraction of sp³-hybridized carbons (Fsp3) is 0. The molecule has 0 heterocycles. The van der Waals surface area contributed by atoms with Gasteiger partial charge in [-0.3, -0.25) is 0 Å². The third-order valence-electron chi connectivity index (χ3n) is 0. The van der Waals surface area contributed by atoms with Gasteiger partial charge < -0.3 is 0 Å². The van der Waals surface area contributed by atoms with Gasteiger partial charge in [0.1, 0.15) is 0 Å². The van der Waals surface area contributed by atoms with Gasteiger partial charge in [-0.2, -0.15) is 41.9 Å². The van der Waals surface area contributed by atoms with Crippen molar-refractivity contribution in [3.8, 4) is 0 Å². The minimum atomic E-state index is -4.69. The first kappa shape index (κ1) is 31.3. The normalized spacial score (nSPS) is 10.6. The summed E-state index contributed by atoms with van der Waals surface area (Å²) in [6, 6.07) is 0. The summed E-state index contributed by atoms with van der Waals surface area (Å²) < 4.78 is 98.2. The molecule has 0 aliphatic carbocycles. The van der Waals surface area contributed by atoms with E-state index < -0.39 is 30.7 Å². The van der Waals surface area contributed by atoms with Gasteiger partial charge in [-0.05, 0) is 0 Å². The molecule has 0 atom stereocenters. The molecule has 108 valence electrons. The summed E-state index contributed by atoms with van der Waals surface area (Å²) in [5.41, 5.74) is 0. The Balaban J connectivity index is -0.0000000400. The fourth-order valence-electron chi connectivity index (χ4n) is 0.